The molecule has 1 aliphatic heterocycles. The fraction of sp³-hybridized carbons (Fsp3) is 0.500. The van der Waals surface area contributed by atoms with E-state index in [0.29, 0.717) is 4.57 Å². The monoisotopic (exact) mass is 523 g/mol. The third-order valence-electron chi connectivity index (χ3n) is 4.67. The minimum atomic E-state index is -5.85. The van der Waals surface area contributed by atoms with Crippen molar-refractivity contribution in [1.82, 2.24) is 9.55 Å². The van der Waals surface area contributed by atoms with Crippen LogP contribution in [0.5, 0.6) is 0 Å². The number of alkyl halides is 1. The lowest BCUT2D eigenvalue weighted by Gasteiger charge is -2.25. The Morgan fingerprint density at radius 3 is 2.34 bits per heavy atom. The summed E-state index contributed by atoms with van der Waals surface area (Å²) in [6, 6.07) is 1.14. The van der Waals surface area contributed by atoms with E-state index in [4.69, 9.17) is 20.3 Å². The van der Waals surface area contributed by atoms with Crippen molar-refractivity contribution >= 4 is 29.3 Å². The van der Waals surface area contributed by atoms with Crippen LogP contribution in [0, 0.1) is 0 Å². The van der Waals surface area contributed by atoms with Crippen LogP contribution in [-0.4, -0.2) is 57.7 Å². The van der Waals surface area contributed by atoms with Crippen LogP contribution in [0.1, 0.15) is 13.2 Å². The highest BCUT2D eigenvalue weighted by molar-refractivity contribution is 7.66. The number of rotatable bonds is 8. The molecule has 2 aliphatic rings. The smallest absolute Gasteiger partial charge is 0.383 e. The number of anilines is 1. The molecule has 1 aliphatic carbocycles. The Morgan fingerprint density at radius 1 is 1.28 bits per heavy atom. The summed E-state index contributed by atoms with van der Waals surface area (Å²) in [5.41, 5.74) is -0.758. The van der Waals surface area contributed by atoms with Crippen molar-refractivity contribution in [2.75, 3.05) is 5.73 Å². The van der Waals surface area contributed by atoms with Gasteiger partial charge in [-0.1, -0.05) is 6.58 Å². The highest BCUT2D eigenvalue weighted by Gasteiger charge is 2.90. The zero-order valence-corrected chi connectivity index (χ0v) is 18.5. The Bertz CT molecular complexity index is 1170. The molecular weight excluding hydrogens is 506 g/mol. The number of nitrogen functional groups attached to an aromatic ring is 1. The molecule has 1 aromatic rings. The summed E-state index contributed by atoms with van der Waals surface area (Å²) >= 11 is 0. The normalized spacial score (nSPS) is 35.5. The van der Waals surface area contributed by atoms with E-state index in [1.54, 1.807) is 0 Å². The van der Waals surface area contributed by atoms with Crippen LogP contribution in [0.15, 0.2) is 29.2 Å². The Labute approximate surface area is 177 Å². The van der Waals surface area contributed by atoms with Gasteiger partial charge in [0.05, 0.1) is 0 Å². The van der Waals surface area contributed by atoms with E-state index in [0.717, 1.165) is 12.3 Å². The fourth-order valence-electron chi connectivity index (χ4n) is 3.47. The van der Waals surface area contributed by atoms with Gasteiger partial charge < -0.3 is 35.2 Å². The van der Waals surface area contributed by atoms with Gasteiger partial charge in [0.1, 0.15) is 11.9 Å². The van der Waals surface area contributed by atoms with Crippen molar-refractivity contribution in [2.45, 2.75) is 36.6 Å². The van der Waals surface area contributed by atoms with Crippen molar-refractivity contribution in [1.29, 1.82) is 0 Å². The first kappa shape index (κ1) is 25.3. The quantitative estimate of drug-likeness (QED) is 0.185. The van der Waals surface area contributed by atoms with Crippen LogP contribution in [0.4, 0.5) is 10.2 Å². The maximum atomic E-state index is 15.2. The van der Waals surface area contributed by atoms with Gasteiger partial charge >= 0.3 is 29.2 Å². The Balaban J connectivity index is 1.87. The highest BCUT2D eigenvalue weighted by atomic mass is 31.3. The number of phosphoric ester groups is 1. The molecule has 7 atom stereocenters. The van der Waals surface area contributed by atoms with Gasteiger partial charge in [-0.2, -0.15) is 13.6 Å². The maximum Gasteiger partial charge on any atom is 0.490 e. The molecule has 2 unspecified atom stereocenters. The number of aliphatic hydroxyl groups is 1. The molecule has 180 valence electrons. The standard InChI is InChI=1S/C12H17FN3O13P3/c1-5(2)12-9(27-31(22,23)29-32(24,25)28-30(19,20)21)11(12,18)7(13)8(26-12)16-4-3-6(14)15-10(16)17/h3-4,7-9,18H,1H2,2H3,(H,22,23)(H,24,25)(H2,14,15,17)(H2,19,20,21)/t7-,8+,9-,11+,12+/m0/s1. The molecule has 0 spiro atoms. The third kappa shape index (κ3) is 4.16. The van der Waals surface area contributed by atoms with Gasteiger partial charge in [0.15, 0.2) is 23.6 Å². The molecule has 7 N–H and O–H groups in total. The summed E-state index contributed by atoms with van der Waals surface area (Å²) in [6.45, 7) is 4.73. The molecule has 20 heteroatoms. The van der Waals surface area contributed by atoms with Crippen LogP contribution >= 0.6 is 23.5 Å². The number of fused-ring (bicyclic) bond motifs is 1. The van der Waals surface area contributed by atoms with Crippen molar-refractivity contribution < 1.29 is 60.6 Å². The number of aromatic nitrogens is 2. The maximum absolute atomic E-state index is 15.2. The van der Waals surface area contributed by atoms with Gasteiger partial charge in [0.25, 0.3) is 0 Å². The highest BCUT2D eigenvalue weighted by Crippen LogP contribution is 2.73. The summed E-state index contributed by atoms with van der Waals surface area (Å²) in [5.74, 6) is -0.177. The number of hydrogen-bond donors (Lipinski definition) is 6. The van der Waals surface area contributed by atoms with Crippen LogP contribution < -0.4 is 11.4 Å². The number of nitrogens with two attached hydrogens (primary N) is 1. The Hall–Kier alpha value is -1.32. The number of ether oxygens (including phenoxy) is 1. The van der Waals surface area contributed by atoms with Crippen molar-refractivity contribution in [3.8, 4) is 0 Å². The van der Waals surface area contributed by atoms with Crippen LogP contribution in [0.3, 0.4) is 0 Å². The molecule has 32 heavy (non-hydrogen) atoms. The van der Waals surface area contributed by atoms with E-state index < -0.39 is 58.9 Å². The van der Waals surface area contributed by atoms with Gasteiger partial charge in [-0.25, -0.2) is 22.9 Å². The summed E-state index contributed by atoms with van der Waals surface area (Å²) in [6.07, 6.45) is -5.31. The SMILES string of the molecule is C=C(C)[C@]12O[C@@H](n3ccc(N)nc3=O)[C@H](F)[C@@]1(O)[C@@H]2OP(=O)(O)OP(=O)(O)OP(=O)(O)O. The molecule has 1 aromatic heterocycles. The summed E-state index contributed by atoms with van der Waals surface area (Å²) in [4.78, 5) is 51.4. The minimum absolute atomic E-state index is 0.134. The molecule has 0 bridgehead atoms. The largest absolute Gasteiger partial charge is 0.490 e. The van der Waals surface area contributed by atoms with E-state index in [-0.39, 0.29) is 11.4 Å². The second-order valence-corrected chi connectivity index (χ2v) is 11.2. The van der Waals surface area contributed by atoms with Gasteiger partial charge in [-0.3, -0.25) is 9.09 Å². The summed E-state index contributed by atoms with van der Waals surface area (Å²) < 4.78 is 67.3. The lowest BCUT2D eigenvalue weighted by Crippen LogP contribution is -2.38. The summed E-state index contributed by atoms with van der Waals surface area (Å²) in [7, 11) is -17.2. The molecule has 0 amide bonds. The molecule has 3 rings (SSSR count). The Kier molecular flexibility index (Phi) is 6.01. The minimum Gasteiger partial charge on any atom is -0.383 e. The van der Waals surface area contributed by atoms with Crippen molar-refractivity contribution in [2.24, 2.45) is 0 Å². The topological polar surface area (TPSA) is 250 Å². The molecule has 1 saturated carbocycles. The lowest BCUT2D eigenvalue weighted by atomic mass is 10.1. The average molecular weight is 523 g/mol. The van der Waals surface area contributed by atoms with Gasteiger partial charge in [0.2, 0.25) is 0 Å². The molecule has 0 radical (unpaired) electrons. The number of halogens is 1. The molecular formula is C12H17FN3O13P3. The van der Waals surface area contributed by atoms with Gasteiger partial charge in [-0.15, -0.1) is 0 Å². The van der Waals surface area contributed by atoms with Gasteiger partial charge in [0, 0.05) is 6.20 Å². The first-order valence-corrected chi connectivity index (χ1v) is 12.8. The first-order chi connectivity index (χ1) is 14.4. The fourth-order valence-corrected chi connectivity index (χ4v) is 6.70. The third-order valence-corrected chi connectivity index (χ3v) is 8.48. The Morgan fingerprint density at radius 2 is 1.88 bits per heavy atom. The van der Waals surface area contributed by atoms with Crippen molar-refractivity contribution in [3.05, 3.63) is 34.9 Å². The van der Waals surface area contributed by atoms with Crippen LogP contribution in [-0.2, 0) is 31.6 Å². The van der Waals surface area contributed by atoms with E-state index in [1.807, 2.05) is 0 Å². The summed E-state index contributed by atoms with van der Waals surface area (Å²) in [5, 5.41) is 10.8. The van der Waals surface area contributed by atoms with E-state index in [2.05, 4.69) is 24.7 Å². The zero-order valence-electron chi connectivity index (χ0n) is 15.8. The molecule has 2 heterocycles. The number of hydrogen-bond acceptors (Lipinski definition) is 11. The molecule has 0 aromatic carbocycles. The molecule has 16 nitrogen and oxygen atoms in total. The average Bonchev–Trinajstić information content (AvgIpc) is 2.96. The predicted molar refractivity (Wildman–Crippen MR) is 99.2 cm³/mol. The van der Waals surface area contributed by atoms with E-state index >= 15 is 4.39 Å². The van der Waals surface area contributed by atoms with E-state index in [1.165, 1.54) is 6.92 Å². The lowest BCUT2D eigenvalue weighted by molar-refractivity contribution is -0.0812. The second kappa shape index (κ2) is 7.60. The van der Waals surface area contributed by atoms with E-state index in [9.17, 15) is 33.4 Å². The van der Waals surface area contributed by atoms with Gasteiger partial charge in [-0.05, 0) is 18.6 Å². The van der Waals surface area contributed by atoms with Crippen LogP contribution in [0.25, 0.3) is 0 Å². The molecule has 1 saturated heterocycles. The van der Waals surface area contributed by atoms with Crippen LogP contribution in [0.2, 0.25) is 0 Å². The molecule has 2 fully saturated rings. The first-order valence-electron chi connectivity index (χ1n) is 8.23. The zero-order chi connectivity index (χ0) is 24.5. The van der Waals surface area contributed by atoms with Crippen molar-refractivity contribution in [3.63, 3.8) is 0 Å². The second-order valence-electron chi connectivity index (χ2n) is 6.87. The predicted octanol–water partition coefficient (Wildman–Crippen LogP) is -0.536. The number of phosphoric acid groups is 3. The number of nitrogens with zero attached hydrogens (tertiary/aromatic N) is 2.